The van der Waals surface area contributed by atoms with Gasteiger partial charge in [-0.3, -0.25) is 20.4 Å². The summed E-state index contributed by atoms with van der Waals surface area (Å²) in [6.07, 6.45) is 0. The first-order valence-corrected chi connectivity index (χ1v) is 4.28. The van der Waals surface area contributed by atoms with E-state index in [9.17, 15) is 9.59 Å². The maximum Gasteiger partial charge on any atom is 0.246 e. The number of carbonyl (C=O) groups is 2. The lowest BCUT2D eigenvalue weighted by Gasteiger charge is -2.07. The fraction of sp³-hybridized carbons (Fsp3) is 0.600. The van der Waals surface area contributed by atoms with Gasteiger partial charge in [0.15, 0.2) is 0 Å². The van der Waals surface area contributed by atoms with Gasteiger partial charge in [0.25, 0.3) is 0 Å². The standard InChI is InChI=1S/C5H12N4O2S/c1-3(5(11)9-7)12-2-4(10)8-6/h3H,2,6-7H2,1H3,(H,8,10)(H,9,11). The maximum atomic E-state index is 10.8. The zero-order valence-corrected chi connectivity index (χ0v) is 7.48. The molecule has 6 nitrogen and oxygen atoms in total. The Balaban J connectivity index is 3.63. The molecule has 0 aromatic rings. The van der Waals surface area contributed by atoms with Crippen molar-refractivity contribution in [2.45, 2.75) is 12.2 Å². The van der Waals surface area contributed by atoms with Gasteiger partial charge in [-0.1, -0.05) is 0 Å². The van der Waals surface area contributed by atoms with Crippen LogP contribution in [-0.2, 0) is 9.59 Å². The highest BCUT2D eigenvalue weighted by Crippen LogP contribution is 2.08. The smallest absolute Gasteiger partial charge is 0.246 e. The van der Waals surface area contributed by atoms with E-state index in [0.29, 0.717) is 0 Å². The van der Waals surface area contributed by atoms with Crippen molar-refractivity contribution >= 4 is 23.6 Å². The molecular formula is C5H12N4O2S. The first-order valence-electron chi connectivity index (χ1n) is 3.23. The summed E-state index contributed by atoms with van der Waals surface area (Å²) in [7, 11) is 0. The molecule has 1 atom stereocenters. The normalized spacial score (nSPS) is 11.9. The van der Waals surface area contributed by atoms with Crippen molar-refractivity contribution < 1.29 is 9.59 Å². The van der Waals surface area contributed by atoms with Crippen LogP contribution in [0.3, 0.4) is 0 Å². The van der Waals surface area contributed by atoms with Gasteiger partial charge < -0.3 is 0 Å². The van der Waals surface area contributed by atoms with Gasteiger partial charge in [-0.05, 0) is 6.92 Å². The molecule has 0 saturated carbocycles. The van der Waals surface area contributed by atoms with E-state index in [0.717, 1.165) is 11.8 Å². The van der Waals surface area contributed by atoms with Crippen LogP contribution >= 0.6 is 11.8 Å². The molecule has 0 rings (SSSR count). The van der Waals surface area contributed by atoms with E-state index in [1.165, 1.54) is 0 Å². The summed E-state index contributed by atoms with van der Waals surface area (Å²) in [6.45, 7) is 1.65. The molecule has 0 heterocycles. The van der Waals surface area contributed by atoms with Crippen molar-refractivity contribution in [1.29, 1.82) is 0 Å². The summed E-state index contributed by atoms with van der Waals surface area (Å²) in [6, 6.07) is 0. The van der Waals surface area contributed by atoms with E-state index in [4.69, 9.17) is 11.7 Å². The van der Waals surface area contributed by atoms with E-state index >= 15 is 0 Å². The molecule has 0 aliphatic rings. The van der Waals surface area contributed by atoms with Crippen molar-refractivity contribution in [2.75, 3.05) is 5.75 Å². The number of hydrogen-bond acceptors (Lipinski definition) is 5. The third-order valence-corrected chi connectivity index (χ3v) is 2.28. The van der Waals surface area contributed by atoms with Gasteiger partial charge in [0.05, 0.1) is 11.0 Å². The molecule has 1 unspecified atom stereocenters. The molecule has 0 aromatic heterocycles. The van der Waals surface area contributed by atoms with E-state index in [1.807, 2.05) is 10.9 Å². The maximum absolute atomic E-state index is 10.8. The number of hydrogen-bond donors (Lipinski definition) is 4. The number of nitrogens with two attached hydrogens (primary N) is 2. The minimum Gasteiger partial charge on any atom is -0.294 e. The molecule has 12 heavy (non-hydrogen) atoms. The molecule has 0 fully saturated rings. The SMILES string of the molecule is CC(SCC(=O)NN)C(=O)NN. The van der Waals surface area contributed by atoms with Gasteiger partial charge in [-0.15, -0.1) is 11.8 Å². The predicted octanol–water partition coefficient (Wildman–Crippen LogP) is -1.91. The Bertz CT molecular complexity index is 175. The monoisotopic (exact) mass is 192 g/mol. The van der Waals surface area contributed by atoms with Crippen molar-refractivity contribution in [3.63, 3.8) is 0 Å². The second kappa shape index (κ2) is 5.81. The van der Waals surface area contributed by atoms with Gasteiger partial charge in [-0.2, -0.15) is 0 Å². The number of carbonyl (C=O) groups excluding carboxylic acids is 2. The van der Waals surface area contributed by atoms with Crippen molar-refractivity contribution in [3.8, 4) is 0 Å². The van der Waals surface area contributed by atoms with Crippen molar-refractivity contribution in [2.24, 2.45) is 11.7 Å². The molecule has 0 saturated heterocycles. The van der Waals surface area contributed by atoms with E-state index in [2.05, 4.69) is 0 Å². The van der Waals surface area contributed by atoms with Crippen LogP contribution in [0.2, 0.25) is 0 Å². The third kappa shape index (κ3) is 4.16. The molecule has 6 N–H and O–H groups in total. The molecule has 0 aromatic carbocycles. The quantitative estimate of drug-likeness (QED) is 0.236. The van der Waals surface area contributed by atoms with Gasteiger partial charge in [-0.25, -0.2) is 11.7 Å². The Labute approximate surface area is 74.4 Å². The molecule has 0 bridgehead atoms. The Hall–Kier alpha value is -0.790. The van der Waals surface area contributed by atoms with Gasteiger partial charge in [0.1, 0.15) is 0 Å². The number of hydrazine groups is 2. The van der Waals surface area contributed by atoms with E-state index in [-0.39, 0.29) is 22.8 Å². The van der Waals surface area contributed by atoms with E-state index < -0.39 is 0 Å². The lowest BCUT2D eigenvalue weighted by atomic mass is 10.5. The van der Waals surface area contributed by atoms with Crippen LogP contribution in [0.5, 0.6) is 0 Å². The highest BCUT2D eigenvalue weighted by molar-refractivity contribution is 8.01. The van der Waals surface area contributed by atoms with Crippen LogP contribution < -0.4 is 22.5 Å². The minimum atomic E-state index is -0.354. The summed E-state index contributed by atoms with van der Waals surface area (Å²) in [4.78, 5) is 21.4. The van der Waals surface area contributed by atoms with Gasteiger partial charge in [0, 0.05) is 0 Å². The zero-order valence-electron chi connectivity index (χ0n) is 6.66. The summed E-state index contributed by atoms with van der Waals surface area (Å²) in [5, 5.41) is -0.354. The molecule has 0 aliphatic heterocycles. The van der Waals surface area contributed by atoms with Crippen molar-refractivity contribution in [3.05, 3.63) is 0 Å². The van der Waals surface area contributed by atoms with Gasteiger partial charge >= 0.3 is 0 Å². The average Bonchev–Trinajstić information content (AvgIpc) is 2.11. The Morgan fingerprint density at radius 1 is 1.42 bits per heavy atom. The van der Waals surface area contributed by atoms with Crippen molar-refractivity contribution in [1.82, 2.24) is 10.9 Å². The van der Waals surface area contributed by atoms with Crippen LogP contribution in [0.25, 0.3) is 0 Å². The Morgan fingerprint density at radius 2 is 2.00 bits per heavy atom. The van der Waals surface area contributed by atoms with Crippen LogP contribution in [0.1, 0.15) is 6.92 Å². The fourth-order valence-corrected chi connectivity index (χ4v) is 1.14. The lowest BCUT2D eigenvalue weighted by molar-refractivity contribution is -0.120. The molecule has 70 valence electrons. The number of nitrogens with one attached hydrogen (secondary N) is 2. The molecule has 0 radical (unpaired) electrons. The summed E-state index contributed by atoms with van der Waals surface area (Å²) >= 11 is 1.16. The van der Waals surface area contributed by atoms with Gasteiger partial charge in [0.2, 0.25) is 11.8 Å². The lowest BCUT2D eigenvalue weighted by Crippen LogP contribution is -2.37. The number of thioether (sulfide) groups is 1. The first kappa shape index (κ1) is 11.2. The Kier molecular flexibility index (Phi) is 5.43. The fourth-order valence-electron chi connectivity index (χ4n) is 0.435. The molecular weight excluding hydrogens is 180 g/mol. The second-order valence-corrected chi connectivity index (χ2v) is 3.36. The minimum absolute atomic E-state index is 0.144. The number of amides is 2. The Morgan fingerprint density at radius 3 is 2.42 bits per heavy atom. The highest BCUT2D eigenvalue weighted by atomic mass is 32.2. The summed E-state index contributed by atoms with van der Waals surface area (Å²) in [5.74, 6) is 9.21. The number of rotatable bonds is 4. The molecule has 2 amide bonds. The summed E-state index contributed by atoms with van der Waals surface area (Å²) in [5.41, 5.74) is 3.94. The molecule has 7 heteroatoms. The zero-order chi connectivity index (χ0) is 9.56. The summed E-state index contributed by atoms with van der Waals surface area (Å²) < 4.78 is 0. The molecule has 0 spiro atoms. The van der Waals surface area contributed by atoms with E-state index in [1.54, 1.807) is 6.92 Å². The average molecular weight is 192 g/mol. The topological polar surface area (TPSA) is 110 Å². The van der Waals surface area contributed by atoms with Crippen LogP contribution in [0.15, 0.2) is 0 Å². The third-order valence-electron chi connectivity index (χ3n) is 1.14. The second-order valence-electron chi connectivity index (χ2n) is 2.03. The van der Waals surface area contributed by atoms with Crippen LogP contribution in [0, 0.1) is 0 Å². The van der Waals surface area contributed by atoms with Crippen LogP contribution in [-0.4, -0.2) is 22.8 Å². The first-order chi connectivity index (χ1) is 5.61. The highest BCUT2D eigenvalue weighted by Gasteiger charge is 2.12. The molecule has 0 aliphatic carbocycles. The van der Waals surface area contributed by atoms with Crippen LogP contribution in [0.4, 0.5) is 0 Å². The predicted molar refractivity (Wildman–Crippen MR) is 46.6 cm³/mol. The largest absolute Gasteiger partial charge is 0.294 e.